The fraction of sp³-hybridized carbons (Fsp3) is 0.455. The van der Waals surface area contributed by atoms with Gasteiger partial charge in [-0.1, -0.05) is 37.6 Å². The summed E-state index contributed by atoms with van der Waals surface area (Å²) in [5, 5.41) is 0. The highest BCUT2D eigenvalue weighted by atomic mass is 32.2. The molecule has 0 N–H and O–H groups in total. The zero-order valence-electron chi connectivity index (χ0n) is 17.0. The van der Waals surface area contributed by atoms with Crippen molar-refractivity contribution >= 4 is 15.7 Å². The molecule has 2 unspecified atom stereocenters. The van der Waals surface area contributed by atoms with Crippen LogP contribution in [0.1, 0.15) is 47.6 Å². The lowest BCUT2D eigenvalue weighted by molar-refractivity contribution is 0.0617. The number of aryl methyl sites for hydroxylation is 2. The number of amides is 1. The summed E-state index contributed by atoms with van der Waals surface area (Å²) in [4.78, 5) is 19.4. The minimum atomic E-state index is -3.53. The number of piperidine rings is 1. The number of hydrogen-bond acceptors (Lipinski definition) is 4. The summed E-state index contributed by atoms with van der Waals surface area (Å²) < 4.78 is 25.7. The SMILES string of the molecule is Cc1ccc(S(=O)(=O)Cc2cccc(C(=O)N3CC(C)CC(C)C3)n2)c(C)c1. The van der Waals surface area contributed by atoms with Crippen LogP contribution in [0.4, 0.5) is 0 Å². The zero-order valence-corrected chi connectivity index (χ0v) is 17.8. The van der Waals surface area contributed by atoms with Gasteiger partial charge < -0.3 is 4.90 Å². The Morgan fingerprint density at radius 1 is 1.11 bits per heavy atom. The van der Waals surface area contributed by atoms with Crippen molar-refractivity contribution in [3.63, 3.8) is 0 Å². The maximum absolute atomic E-state index is 12.9. The number of benzene rings is 1. The molecule has 0 saturated carbocycles. The molecule has 1 amide bonds. The van der Waals surface area contributed by atoms with E-state index in [9.17, 15) is 13.2 Å². The van der Waals surface area contributed by atoms with Gasteiger partial charge in [0.2, 0.25) is 0 Å². The average molecular weight is 401 g/mol. The van der Waals surface area contributed by atoms with E-state index in [1.54, 1.807) is 37.3 Å². The third kappa shape index (κ3) is 4.61. The Kier molecular flexibility index (Phi) is 5.89. The molecule has 3 rings (SSSR count). The van der Waals surface area contributed by atoms with Crippen LogP contribution >= 0.6 is 0 Å². The van der Waals surface area contributed by atoms with Gasteiger partial charge in [-0.05, 0) is 55.9 Å². The highest BCUT2D eigenvalue weighted by Gasteiger charge is 2.27. The van der Waals surface area contributed by atoms with E-state index in [2.05, 4.69) is 18.8 Å². The summed E-state index contributed by atoms with van der Waals surface area (Å²) in [7, 11) is -3.53. The van der Waals surface area contributed by atoms with E-state index in [1.165, 1.54) is 0 Å². The molecule has 5 nitrogen and oxygen atoms in total. The molecular formula is C22H28N2O3S. The van der Waals surface area contributed by atoms with Crippen LogP contribution in [0, 0.1) is 25.7 Å². The van der Waals surface area contributed by atoms with Crippen LogP contribution in [0.2, 0.25) is 0 Å². The summed E-state index contributed by atoms with van der Waals surface area (Å²) in [6.07, 6.45) is 1.12. The van der Waals surface area contributed by atoms with E-state index in [4.69, 9.17) is 0 Å². The average Bonchev–Trinajstić information content (AvgIpc) is 2.59. The molecule has 2 heterocycles. The fourth-order valence-corrected chi connectivity index (χ4v) is 5.62. The third-order valence-corrected chi connectivity index (χ3v) is 6.99. The van der Waals surface area contributed by atoms with Crippen LogP contribution in [0.25, 0.3) is 0 Å². The largest absolute Gasteiger partial charge is 0.337 e. The van der Waals surface area contributed by atoms with E-state index < -0.39 is 9.84 Å². The Morgan fingerprint density at radius 3 is 2.43 bits per heavy atom. The number of nitrogens with zero attached hydrogens (tertiary/aromatic N) is 2. The van der Waals surface area contributed by atoms with Gasteiger partial charge in [0.25, 0.3) is 5.91 Å². The molecule has 1 aromatic carbocycles. The first-order valence-electron chi connectivity index (χ1n) is 9.71. The topological polar surface area (TPSA) is 67.3 Å². The highest BCUT2D eigenvalue weighted by molar-refractivity contribution is 7.90. The van der Waals surface area contributed by atoms with Gasteiger partial charge in [0.05, 0.1) is 16.3 Å². The van der Waals surface area contributed by atoms with Crippen LogP contribution in [0.5, 0.6) is 0 Å². The van der Waals surface area contributed by atoms with Gasteiger partial charge in [-0.25, -0.2) is 13.4 Å². The first kappa shape index (κ1) is 20.5. The zero-order chi connectivity index (χ0) is 20.5. The van der Waals surface area contributed by atoms with Crippen molar-refractivity contribution in [1.29, 1.82) is 0 Å². The molecule has 1 aliphatic rings. The predicted octanol–water partition coefficient (Wildman–Crippen LogP) is 3.79. The van der Waals surface area contributed by atoms with Gasteiger partial charge in [0.1, 0.15) is 5.69 Å². The van der Waals surface area contributed by atoms with Crippen LogP contribution in [-0.4, -0.2) is 37.3 Å². The van der Waals surface area contributed by atoms with E-state index >= 15 is 0 Å². The molecular weight excluding hydrogens is 372 g/mol. The molecule has 0 bridgehead atoms. The second-order valence-electron chi connectivity index (χ2n) is 8.20. The maximum atomic E-state index is 12.9. The molecule has 6 heteroatoms. The number of sulfone groups is 1. The molecule has 28 heavy (non-hydrogen) atoms. The first-order valence-corrected chi connectivity index (χ1v) is 11.4. The summed E-state index contributed by atoms with van der Waals surface area (Å²) in [5.41, 5.74) is 2.45. The van der Waals surface area contributed by atoms with Gasteiger partial charge in [-0.2, -0.15) is 0 Å². The molecule has 0 spiro atoms. The van der Waals surface area contributed by atoms with Crippen LogP contribution in [0.15, 0.2) is 41.3 Å². The van der Waals surface area contributed by atoms with Gasteiger partial charge >= 0.3 is 0 Å². The van der Waals surface area contributed by atoms with Gasteiger partial charge in [0.15, 0.2) is 9.84 Å². The summed E-state index contributed by atoms with van der Waals surface area (Å²) in [5.74, 6) is 0.580. The lowest BCUT2D eigenvalue weighted by atomic mass is 9.92. The van der Waals surface area contributed by atoms with Gasteiger partial charge in [0, 0.05) is 13.1 Å². The number of likely N-dealkylation sites (tertiary alicyclic amines) is 1. The molecule has 1 aliphatic heterocycles. The van der Waals surface area contributed by atoms with Crippen molar-refractivity contribution in [2.75, 3.05) is 13.1 Å². The predicted molar refractivity (Wildman–Crippen MR) is 110 cm³/mol. The van der Waals surface area contributed by atoms with Gasteiger partial charge in [-0.15, -0.1) is 0 Å². The highest BCUT2D eigenvalue weighted by Crippen LogP contribution is 2.23. The Hall–Kier alpha value is -2.21. The molecule has 1 saturated heterocycles. The Balaban J connectivity index is 1.82. The van der Waals surface area contributed by atoms with Crippen molar-refractivity contribution in [3.8, 4) is 0 Å². The molecule has 0 aliphatic carbocycles. The minimum absolute atomic E-state index is 0.121. The number of hydrogen-bond donors (Lipinski definition) is 0. The summed E-state index contributed by atoms with van der Waals surface area (Å²) in [6, 6.07) is 10.3. The molecule has 1 aromatic heterocycles. The van der Waals surface area contributed by atoms with Crippen molar-refractivity contribution < 1.29 is 13.2 Å². The lowest BCUT2D eigenvalue weighted by Gasteiger charge is -2.34. The number of pyridine rings is 1. The van der Waals surface area contributed by atoms with E-state index in [0.29, 0.717) is 28.1 Å². The Bertz CT molecular complexity index is 975. The molecule has 0 radical (unpaired) electrons. The van der Waals surface area contributed by atoms with Crippen LogP contribution in [0.3, 0.4) is 0 Å². The van der Waals surface area contributed by atoms with E-state index in [1.807, 2.05) is 17.9 Å². The van der Waals surface area contributed by atoms with Crippen molar-refractivity contribution in [2.24, 2.45) is 11.8 Å². The van der Waals surface area contributed by atoms with Crippen molar-refractivity contribution in [1.82, 2.24) is 9.88 Å². The lowest BCUT2D eigenvalue weighted by Crippen LogP contribution is -2.42. The standard InChI is InChI=1S/C22H28N2O3S/c1-15-8-9-21(18(4)11-15)28(26,27)14-19-6-5-7-20(23-19)22(25)24-12-16(2)10-17(3)13-24/h5-9,11,16-17H,10,12-14H2,1-4H3. The molecule has 1 fully saturated rings. The fourth-order valence-electron chi connectivity index (χ4n) is 4.09. The number of aromatic nitrogens is 1. The monoisotopic (exact) mass is 400 g/mol. The normalized spacial score (nSPS) is 20.2. The second kappa shape index (κ2) is 8.03. The third-order valence-electron chi connectivity index (χ3n) is 5.19. The van der Waals surface area contributed by atoms with Gasteiger partial charge in [-0.3, -0.25) is 4.79 Å². The van der Waals surface area contributed by atoms with E-state index in [-0.39, 0.29) is 11.7 Å². The Labute approximate surface area is 167 Å². The summed E-state index contributed by atoms with van der Waals surface area (Å²) >= 11 is 0. The minimum Gasteiger partial charge on any atom is -0.337 e. The number of carbonyl (C=O) groups is 1. The quantitative estimate of drug-likeness (QED) is 0.783. The molecule has 150 valence electrons. The summed E-state index contributed by atoms with van der Waals surface area (Å²) in [6.45, 7) is 9.47. The second-order valence-corrected chi connectivity index (χ2v) is 10.2. The number of carbonyl (C=O) groups excluding carboxylic acids is 1. The Morgan fingerprint density at radius 2 is 1.79 bits per heavy atom. The smallest absolute Gasteiger partial charge is 0.272 e. The van der Waals surface area contributed by atoms with Crippen LogP contribution in [-0.2, 0) is 15.6 Å². The number of rotatable bonds is 4. The van der Waals surface area contributed by atoms with E-state index in [0.717, 1.165) is 30.6 Å². The molecule has 2 atom stereocenters. The van der Waals surface area contributed by atoms with Crippen molar-refractivity contribution in [3.05, 3.63) is 58.9 Å². The first-order chi connectivity index (χ1) is 13.2. The van der Waals surface area contributed by atoms with Crippen LogP contribution < -0.4 is 0 Å². The van der Waals surface area contributed by atoms with Crippen molar-refractivity contribution in [2.45, 2.75) is 44.8 Å². The molecule has 2 aromatic rings. The maximum Gasteiger partial charge on any atom is 0.272 e.